The van der Waals surface area contributed by atoms with E-state index in [1.165, 1.54) is 16.7 Å². The molecule has 0 saturated carbocycles. The Kier molecular flexibility index (Phi) is 8.49. The minimum Gasteiger partial charge on any atom is -0.485 e. The third-order valence-corrected chi connectivity index (χ3v) is 7.14. The fourth-order valence-corrected chi connectivity index (χ4v) is 5.13. The first-order valence-electron chi connectivity index (χ1n) is 13.1. The Balaban J connectivity index is 1.67. The van der Waals surface area contributed by atoms with E-state index in [2.05, 4.69) is 61.8 Å². The highest BCUT2D eigenvalue weighted by Crippen LogP contribution is 2.38. The number of hydrogen-bond donors (Lipinski definition) is 1. The fourth-order valence-electron chi connectivity index (χ4n) is 5.13. The number of ether oxygens (including phenoxy) is 2. The van der Waals surface area contributed by atoms with Crippen LogP contribution in [0.4, 0.5) is 0 Å². The molecule has 0 bridgehead atoms. The SMILES string of the molecule is COc1cc(-c2ccc([C@@H]3CCc4ccc(CCC(=O)O)cc4O3)cc2CN(C(C)C)C(C)C)ccn1. The summed E-state index contributed by atoms with van der Waals surface area (Å²) < 4.78 is 11.9. The number of carboxylic acids is 1. The third-order valence-electron chi connectivity index (χ3n) is 7.14. The molecule has 0 amide bonds. The van der Waals surface area contributed by atoms with E-state index in [-0.39, 0.29) is 12.5 Å². The Morgan fingerprint density at radius 1 is 1.11 bits per heavy atom. The third kappa shape index (κ3) is 6.50. The zero-order chi connectivity index (χ0) is 26.5. The van der Waals surface area contributed by atoms with Gasteiger partial charge in [0.2, 0.25) is 5.88 Å². The first-order chi connectivity index (χ1) is 17.7. The van der Waals surface area contributed by atoms with E-state index >= 15 is 0 Å². The predicted octanol–water partition coefficient (Wildman–Crippen LogP) is 6.46. The molecular formula is C31H38N2O4. The van der Waals surface area contributed by atoms with Crippen molar-refractivity contribution in [3.8, 4) is 22.8 Å². The molecule has 6 nitrogen and oxygen atoms in total. The van der Waals surface area contributed by atoms with Crippen LogP contribution in [-0.4, -0.2) is 40.2 Å². The number of aromatic nitrogens is 1. The van der Waals surface area contributed by atoms with Crippen molar-refractivity contribution >= 4 is 5.97 Å². The normalized spacial score (nSPS) is 15.1. The van der Waals surface area contributed by atoms with Gasteiger partial charge in [-0.2, -0.15) is 0 Å². The lowest BCUT2D eigenvalue weighted by Gasteiger charge is -2.32. The number of carbonyl (C=O) groups is 1. The molecule has 4 rings (SSSR count). The van der Waals surface area contributed by atoms with Crippen LogP contribution in [0.2, 0.25) is 0 Å². The van der Waals surface area contributed by atoms with Gasteiger partial charge in [0.1, 0.15) is 11.9 Å². The number of nitrogens with zero attached hydrogens (tertiary/aromatic N) is 2. The number of pyridine rings is 1. The maximum atomic E-state index is 11.0. The minimum atomic E-state index is -0.784. The van der Waals surface area contributed by atoms with Gasteiger partial charge < -0.3 is 14.6 Å². The Morgan fingerprint density at radius 2 is 1.89 bits per heavy atom. The van der Waals surface area contributed by atoms with Gasteiger partial charge >= 0.3 is 5.97 Å². The molecule has 1 aromatic heterocycles. The zero-order valence-electron chi connectivity index (χ0n) is 22.5. The molecule has 2 aromatic carbocycles. The Hall–Kier alpha value is -3.38. The first-order valence-corrected chi connectivity index (χ1v) is 13.1. The molecular weight excluding hydrogens is 464 g/mol. The second-order valence-corrected chi connectivity index (χ2v) is 10.3. The highest BCUT2D eigenvalue weighted by atomic mass is 16.5. The van der Waals surface area contributed by atoms with Crippen LogP contribution in [0.15, 0.2) is 54.7 Å². The Labute approximate surface area is 220 Å². The van der Waals surface area contributed by atoms with Gasteiger partial charge in [0.05, 0.1) is 7.11 Å². The Morgan fingerprint density at radius 3 is 2.59 bits per heavy atom. The second-order valence-electron chi connectivity index (χ2n) is 10.3. The summed E-state index contributed by atoms with van der Waals surface area (Å²) in [6.45, 7) is 9.78. The largest absolute Gasteiger partial charge is 0.485 e. The maximum absolute atomic E-state index is 11.0. The van der Waals surface area contributed by atoms with E-state index < -0.39 is 5.97 Å². The zero-order valence-corrected chi connectivity index (χ0v) is 22.5. The van der Waals surface area contributed by atoms with E-state index in [4.69, 9.17) is 14.6 Å². The summed E-state index contributed by atoms with van der Waals surface area (Å²) in [4.78, 5) is 17.8. The number of aliphatic carboxylic acids is 1. The second kappa shape index (κ2) is 11.8. The lowest BCUT2D eigenvalue weighted by atomic mass is 9.91. The van der Waals surface area contributed by atoms with E-state index in [1.54, 1.807) is 13.3 Å². The van der Waals surface area contributed by atoms with Crippen molar-refractivity contribution in [1.29, 1.82) is 0 Å². The van der Waals surface area contributed by atoms with E-state index in [0.717, 1.165) is 41.8 Å². The monoisotopic (exact) mass is 502 g/mol. The number of methoxy groups -OCH3 is 1. The number of carboxylic acid groups (broad SMARTS) is 1. The quantitative estimate of drug-likeness (QED) is 0.343. The molecule has 0 unspecified atom stereocenters. The van der Waals surface area contributed by atoms with Crippen molar-refractivity contribution in [1.82, 2.24) is 9.88 Å². The molecule has 196 valence electrons. The molecule has 0 radical (unpaired) electrons. The fraction of sp³-hybridized carbons (Fsp3) is 0.419. The molecule has 37 heavy (non-hydrogen) atoms. The standard InChI is InChI=1S/C31H38N2O4/c1-20(2)33(21(3)4)19-26-17-25(9-11-27(26)24-14-15-32-30(18-24)36-5)28-12-10-23-8-6-22(7-13-31(34)35)16-29(23)37-28/h6,8-9,11,14-18,20-21,28H,7,10,12-13,19H2,1-5H3,(H,34,35)/t28-/m0/s1. The van der Waals surface area contributed by atoms with Crippen LogP contribution in [0.25, 0.3) is 11.1 Å². The average Bonchev–Trinajstić information content (AvgIpc) is 2.89. The van der Waals surface area contributed by atoms with Crippen LogP contribution in [0.3, 0.4) is 0 Å². The highest BCUT2D eigenvalue weighted by molar-refractivity contribution is 5.69. The topological polar surface area (TPSA) is 71.9 Å². The van der Waals surface area contributed by atoms with Crippen molar-refractivity contribution < 1.29 is 19.4 Å². The van der Waals surface area contributed by atoms with Crippen LogP contribution in [0, 0.1) is 0 Å². The summed E-state index contributed by atoms with van der Waals surface area (Å²) in [5.74, 6) is 0.686. The van der Waals surface area contributed by atoms with Crippen molar-refractivity contribution in [2.45, 2.75) is 78.1 Å². The van der Waals surface area contributed by atoms with Gasteiger partial charge in [-0.15, -0.1) is 0 Å². The number of aryl methyl sites for hydroxylation is 2. The van der Waals surface area contributed by atoms with Crippen LogP contribution in [-0.2, 0) is 24.2 Å². The molecule has 6 heteroatoms. The number of rotatable bonds is 10. The lowest BCUT2D eigenvalue weighted by molar-refractivity contribution is -0.136. The Bertz CT molecular complexity index is 1230. The van der Waals surface area contributed by atoms with Crippen molar-refractivity contribution in [3.05, 3.63) is 77.0 Å². The van der Waals surface area contributed by atoms with Crippen LogP contribution in [0.5, 0.6) is 11.6 Å². The number of fused-ring (bicyclic) bond motifs is 1. The molecule has 0 saturated heterocycles. The van der Waals surface area contributed by atoms with Crippen LogP contribution in [0.1, 0.15) is 68.9 Å². The van der Waals surface area contributed by atoms with Crippen molar-refractivity contribution in [3.63, 3.8) is 0 Å². The summed E-state index contributed by atoms with van der Waals surface area (Å²) in [5.41, 5.74) is 6.84. The van der Waals surface area contributed by atoms with Gasteiger partial charge in [-0.05, 0) is 92.5 Å². The minimum absolute atomic E-state index is 0.0476. The summed E-state index contributed by atoms with van der Waals surface area (Å²) in [6.07, 6.45) is 4.20. The number of benzene rings is 2. The lowest BCUT2D eigenvalue weighted by Crippen LogP contribution is -2.36. The van der Waals surface area contributed by atoms with Gasteiger partial charge in [0, 0.05) is 37.3 Å². The van der Waals surface area contributed by atoms with E-state index in [0.29, 0.717) is 24.4 Å². The summed E-state index contributed by atoms with van der Waals surface area (Å²) >= 11 is 0. The molecule has 3 aromatic rings. The summed E-state index contributed by atoms with van der Waals surface area (Å²) in [5, 5.41) is 9.05. The molecule has 2 heterocycles. The van der Waals surface area contributed by atoms with E-state index in [1.807, 2.05) is 24.3 Å². The molecule has 1 aliphatic heterocycles. The smallest absolute Gasteiger partial charge is 0.303 e. The van der Waals surface area contributed by atoms with Gasteiger partial charge in [-0.1, -0.05) is 30.3 Å². The molecule has 0 aliphatic carbocycles. The summed E-state index contributed by atoms with van der Waals surface area (Å²) in [7, 11) is 1.64. The molecule has 1 atom stereocenters. The van der Waals surface area contributed by atoms with E-state index in [9.17, 15) is 4.79 Å². The van der Waals surface area contributed by atoms with Crippen LogP contribution < -0.4 is 9.47 Å². The molecule has 0 fully saturated rings. The summed E-state index contributed by atoms with van der Waals surface area (Å²) in [6, 6.07) is 17.6. The maximum Gasteiger partial charge on any atom is 0.303 e. The van der Waals surface area contributed by atoms with Gasteiger partial charge in [-0.25, -0.2) is 4.98 Å². The molecule has 1 aliphatic rings. The number of hydrogen-bond acceptors (Lipinski definition) is 5. The van der Waals surface area contributed by atoms with Gasteiger partial charge in [0.15, 0.2) is 0 Å². The van der Waals surface area contributed by atoms with Gasteiger partial charge in [0.25, 0.3) is 0 Å². The van der Waals surface area contributed by atoms with Crippen LogP contribution >= 0.6 is 0 Å². The first kappa shape index (κ1) is 26.7. The predicted molar refractivity (Wildman–Crippen MR) is 146 cm³/mol. The van der Waals surface area contributed by atoms with Crippen molar-refractivity contribution in [2.24, 2.45) is 0 Å². The average molecular weight is 503 g/mol. The van der Waals surface area contributed by atoms with Gasteiger partial charge in [-0.3, -0.25) is 9.69 Å². The highest BCUT2D eigenvalue weighted by Gasteiger charge is 2.24. The van der Waals surface area contributed by atoms with Crippen molar-refractivity contribution in [2.75, 3.05) is 7.11 Å². The molecule has 1 N–H and O–H groups in total. The molecule has 0 spiro atoms.